The monoisotopic (exact) mass is 559 g/mol. The number of fused-ring (bicyclic) bond motifs is 1. The lowest BCUT2D eigenvalue weighted by Crippen LogP contribution is -2.48. The normalized spacial score (nSPS) is 17.8. The van der Waals surface area contributed by atoms with Crippen LogP contribution in [0.5, 0.6) is 0 Å². The summed E-state index contributed by atoms with van der Waals surface area (Å²) >= 11 is 5.98. The van der Waals surface area contributed by atoms with Crippen molar-refractivity contribution in [1.29, 1.82) is 0 Å². The van der Waals surface area contributed by atoms with Gasteiger partial charge in [-0.25, -0.2) is 8.78 Å². The number of nitrogens with one attached hydrogen (secondary N) is 3. The van der Waals surface area contributed by atoms with E-state index in [1.54, 1.807) is 31.3 Å². The molecule has 0 radical (unpaired) electrons. The van der Waals surface area contributed by atoms with E-state index < -0.39 is 35.1 Å². The second kappa shape index (κ2) is 12.0. The number of rotatable bonds is 11. The Morgan fingerprint density at radius 1 is 1.15 bits per heavy atom. The zero-order valence-corrected chi connectivity index (χ0v) is 21.9. The van der Waals surface area contributed by atoms with Crippen LogP contribution in [0.1, 0.15) is 30.6 Å². The zero-order valence-electron chi connectivity index (χ0n) is 21.1. The summed E-state index contributed by atoms with van der Waals surface area (Å²) in [4.78, 5) is 41.8. The van der Waals surface area contributed by atoms with Crippen LogP contribution in [0.15, 0.2) is 48.7 Å². The van der Waals surface area contributed by atoms with Crippen molar-refractivity contribution in [3.8, 4) is 0 Å². The van der Waals surface area contributed by atoms with Gasteiger partial charge in [-0.15, -0.1) is 0 Å². The minimum atomic E-state index is -1.18. The maximum Gasteiger partial charge on any atom is 0.325 e. The molecule has 1 fully saturated rings. The highest BCUT2D eigenvalue weighted by molar-refractivity contribution is 6.31. The Balaban J connectivity index is 1.34. The van der Waals surface area contributed by atoms with Crippen molar-refractivity contribution in [2.45, 2.75) is 32.0 Å². The van der Waals surface area contributed by atoms with Crippen molar-refractivity contribution >= 4 is 40.2 Å². The van der Waals surface area contributed by atoms with Crippen LogP contribution >= 0.6 is 11.6 Å². The number of nitrogens with two attached hydrogens (primary N) is 1. The summed E-state index contributed by atoms with van der Waals surface area (Å²) in [6, 6.07) is 9.37. The first-order chi connectivity index (χ1) is 18.6. The highest BCUT2D eigenvalue weighted by Crippen LogP contribution is 2.31. The minimum Gasteiger partial charge on any atom is -0.464 e. The lowest BCUT2D eigenvalue weighted by atomic mass is 9.85. The van der Waals surface area contributed by atoms with E-state index >= 15 is 0 Å². The lowest BCUT2D eigenvalue weighted by molar-refractivity contribution is -0.145. The largest absolute Gasteiger partial charge is 0.464 e. The van der Waals surface area contributed by atoms with E-state index in [4.69, 9.17) is 22.1 Å². The quantitative estimate of drug-likeness (QED) is 0.209. The van der Waals surface area contributed by atoms with Crippen LogP contribution in [-0.2, 0) is 25.7 Å². The van der Waals surface area contributed by atoms with Gasteiger partial charge in [0.15, 0.2) is 0 Å². The number of carbonyl (C=O) groups is 3. The van der Waals surface area contributed by atoms with Gasteiger partial charge in [0.05, 0.1) is 35.3 Å². The number of aromatic nitrogens is 1. The third-order valence-electron chi connectivity index (χ3n) is 6.64. The molecule has 2 heterocycles. The Labute approximate surface area is 228 Å². The van der Waals surface area contributed by atoms with Crippen LogP contribution in [0.4, 0.5) is 8.78 Å². The average molecular weight is 560 g/mol. The van der Waals surface area contributed by atoms with Gasteiger partial charge < -0.3 is 21.1 Å². The molecule has 1 aliphatic rings. The molecule has 9 nitrogen and oxygen atoms in total. The van der Waals surface area contributed by atoms with E-state index in [1.807, 2.05) is 0 Å². The number of ether oxygens (including phenoxy) is 1. The number of pyridine rings is 1. The van der Waals surface area contributed by atoms with Crippen molar-refractivity contribution in [1.82, 2.24) is 20.9 Å². The summed E-state index contributed by atoms with van der Waals surface area (Å²) in [5, 5.41) is 9.66. The number of amides is 2. The molecule has 1 aliphatic heterocycles. The molecule has 0 saturated carbocycles. The molecule has 3 unspecified atom stereocenters. The summed E-state index contributed by atoms with van der Waals surface area (Å²) in [7, 11) is 0. The van der Waals surface area contributed by atoms with E-state index in [9.17, 15) is 23.2 Å². The second-order valence-corrected chi connectivity index (χ2v) is 9.96. The zero-order chi connectivity index (χ0) is 28.2. The van der Waals surface area contributed by atoms with Crippen LogP contribution in [0.2, 0.25) is 5.02 Å². The third kappa shape index (κ3) is 6.86. The van der Waals surface area contributed by atoms with Gasteiger partial charge >= 0.3 is 5.97 Å². The fraction of sp³-hybridized carbons (Fsp3) is 0.333. The molecule has 0 aliphatic carbocycles. The van der Waals surface area contributed by atoms with Crippen LogP contribution in [0.3, 0.4) is 0 Å². The molecule has 4 rings (SSSR count). The Kier molecular flexibility index (Phi) is 8.73. The predicted molar refractivity (Wildman–Crippen MR) is 140 cm³/mol. The van der Waals surface area contributed by atoms with Gasteiger partial charge in [0.2, 0.25) is 11.8 Å². The molecule has 3 aromatic rings. The fourth-order valence-electron chi connectivity index (χ4n) is 4.09. The van der Waals surface area contributed by atoms with Gasteiger partial charge in [0.25, 0.3) is 0 Å². The summed E-state index contributed by atoms with van der Waals surface area (Å²) in [6.45, 7) is 1.15. The number of halogens is 3. The number of hydrogen-bond donors (Lipinski definition) is 4. The molecule has 206 valence electrons. The third-order valence-corrected chi connectivity index (χ3v) is 7.06. The molecule has 39 heavy (non-hydrogen) atoms. The maximum absolute atomic E-state index is 13.7. The van der Waals surface area contributed by atoms with Crippen molar-refractivity contribution in [3.63, 3.8) is 0 Å². The molecule has 2 aromatic carbocycles. The first-order valence-corrected chi connectivity index (χ1v) is 12.6. The Hall–Kier alpha value is -3.67. The smallest absolute Gasteiger partial charge is 0.325 e. The fourth-order valence-corrected chi connectivity index (χ4v) is 4.28. The van der Waals surface area contributed by atoms with Crippen molar-refractivity contribution < 1.29 is 27.9 Å². The van der Waals surface area contributed by atoms with E-state index in [0.717, 1.165) is 5.39 Å². The summed E-state index contributed by atoms with van der Waals surface area (Å²) in [5.41, 5.74) is 5.16. The number of nitrogens with zero attached hydrogens (tertiary/aromatic N) is 1. The van der Waals surface area contributed by atoms with Crippen LogP contribution in [0.25, 0.3) is 10.8 Å². The molecule has 1 saturated heterocycles. The Morgan fingerprint density at radius 3 is 2.72 bits per heavy atom. The number of benzene rings is 2. The molecule has 2 amide bonds. The summed E-state index contributed by atoms with van der Waals surface area (Å²) in [5.74, 6) is -2.40. The number of carbonyl (C=O) groups excluding carboxylic acids is 3. The second-order valence-electron chi connectivity index (χ2n) is 9.58. The lowest BCUT2D eigenvalue weighted by Gasteiger charge is -2.28. The molecular weight excluding hydrogens is 532 g/mol. The number of esters is 1. The van der Waals surface area contributed by atoms with Crippen LogP contribution in [-0.4, -0.2) is 48.5 Å². The Bertz CT molecular complexity index is 1410. The Morgan fingerprint density at radius 2 is 1.95 bits per heavy atom. The standard InChI is InChI=1S/C27H28ClF2N5O4/c1-27(14-34-21(36)11-31,26(38)33-13-16-3-2-4-19(30)22(16)28)7-8-39-25(37)24-23(35-24)20-10-17-9-18(29)6-5-15(17)12-32-20/h2-6,9-10,12,23-24,35H,7-8,11,13-14,31H2,1H3,(H,33,38)(H,34,36). The molecular formula is C27H28ClF2N5O4. The molecule has 0 spiro atoms. The highest BCUT2D eigenvalue weighted by atomic mass is 35.5. The molecule has 3 atom stereocenters. The SMILES string of the molecule is CC(CCOC(=O)C1NC1c1cc2cc(F)ccc2cn1)(CNC(=O)CN)C(=O)NCc1cccc(F)c1Cl. The van der Waals surface area contributed by atoms with Gasteiger partial charge in [0.1, 0.15) is 17.7 Å². The van der Waals surface area contributed by atoms with Gasteiger partial charge in [-0.05, 0) is 54.6 Å². The van der Waals surface area contributed by atoms with E-state index in [2.05, 4.69) is 20.9 Å². The molecule has 5 N–H and O–H groups in total. The van der Waals surface area contributed by atoms with Gasteiger partial charge in [-0.2, -0.15) is 0 Å². The summed E-state index contributed by atoms with van der Waals surface area (Å²) < 4.78 is 32.7. The van der Waals surface area contributed by atoms with E-state index in [0.29, 0.717) is 16.6 Å². The van der Waals surface area contributed by atoms with E-state index in [1.165, 1.54) is 24.3 Å². The highest BCUT2D eigenvalue weighted by Gasteiger charge is 2.46. The number of hydrogen-bond acceptors (Lipinski definition) is 7. The first kappa shape index (κ1) is 28.3. The molecule has 12 heteroatoms. The predicted octanol–water partition coefficient (Wildman–Crippen LogP) is 2.51. The van der Waals surface area contributed by atoms with E-state index in [-0.39, 0.29) is 49.5 Å². The van der Waals surface area contributed by atoms with Crippen molar-refractivity contribution in [2.75, 3.05) is 19.7 Å². The van der Waals surface area contributed by atoms with Crippen LogP contribution < -0.4 is 21.7 Å². The average Bonchev–Trinajstić information content (AvgIpc) is 3.73. The van der Waals surface area contributed by atoms with Gasteiger partial charge in [-0.1, -0.05) is 23.7 Å². The van der Waals surface area contributed by atoms with Crippen molar-refractivity contribution in [2.24, 2.45) is 11.1 Å². The van der Waals surface area contributed by atoms with Gasteiger partial charge in [-0.3, -0.25) is 24.7 Å². The van der Waals surface area contributed by atoms with Gasteiger partial charge in [0, 0.05) is 24.7 Å². The minimum absolute atomic E-state index is 0.0357. The topological polar surface area (TPSA) is 145 Å². The molecule has 0 bridgehead atoms. The summed E-state index contributed by atoms with van der Waals surface area (Å²) in [6.07, 6.45) is 1.69. The first-order valence-electron chi connectivity index (χ1n) is 12.3. The van der Waals surface area contributed by atoms with Crippen LogP contribution in [0, 0.1) is 17.0 Å². The van der Waals surface area contributed by atoms with Crippen molar-refractivity contribution in [3.05, 3.63) is 76.6 Å². The molecule has 1 aromatic heterocycles. The maximum atomic E-state index is 13.7.